The fraction of sp³-hybridized carbons (Fsp3) is 0.600. The minimum Gasteiger partial charge on any atom is -0.331 e. The van der Waals surface area contributed by atoms with Gasteiger partial charge in [-0.15, -0.1) is 11.3 Å². The molecule has 5 heteroatoms. The molecule has 1 aromatic rings. The Labute approximate surface area is 98.9 Å². The van der Waals surface area contributed by atoms with Crippen molar-refractivity contribution in [1.29, 1.82) is 0 Å². The molecule has 0 fully saturated rings. The van der Waals surface area contributed by atoms with Crippen molar-refractivity contribution < 1.29 is 14.2 Å². The fourth-order valence-electron chi connectivity index (χ4n) is 1.32. The average Bonchev–Trinajstić information content (AvgIpc) is 2.67. The number of halogens is 1. The Morgan fingerprint density at radius 1 is 1.20 bits per heavy atom. The van der Waals surface area contributed by atoms with Gasteiger partial charge in [0.2, 0.25) is 0 Å². The molecule has 1 heterocycles. The van der Waals surface area contributed by atoms with Crippen LogP contribution in [0.2, 0.25) is 4.34 Å². The normalized spacial score (nSPS) is 12.0. The number of hydrogen-bond donors (Lipinski definition) is 0. The molecule has 0 atom stereocenters. The number of ether oxygens (including phenoxy) is 3. The van der Waals surface area contributed by atoms with Gasteiger partial charge >= 0.3 is 0 Å². The zero-order chi connectivity index (χ0) is 11.3. The lowest BCUT2D eigenvalue weighted by atomic mass is 10.2. The van der Waals surface area contributed by atoms with Crippen LogP contribution < -0.4 is 0 Å². The second kappa shape index (κ2) is 5.82. The molecule has 0 aliphatic heterocycles. The van der Waals surface area contributed by atoms with Gasteiger partial charge in [-0.1, -0.05) is 11.6 Å². The monoisotopic (exact) mass is 250 g/mol. The lowest BCUT2D eigenvalue weighted by Crippen LogP contribution is -2.36. The van der Waals surface area contributed by atoms with Gasteiger partial charge in [-0.05, 0) is 18.6 Å². The van der Waals surface area contributed by atoms with Crippen molar-refractivity contribution in [2.75, 3.05) is 21.3 Å². The molecule has 0 unspecified atom stereocenters. The Hall–Kier alpha value is -0.130. The van der Waals surface area contributed by atoms with E-state index in [4.69, 9.17) is 25.8 Å². The van der Waals surface area contributed by atoms with E-state index in [2.05, 4.69) is 0 Å². The molecule has 0 aliphatic rings. The van der Waals surface area contributed by atoms with Gasteiger partial charge in [0.1, 0.15) is 0 Å². The molecule has 1 aromatic heterocycles. The van der Waals surface area contributed by atoms with Gasteiger partial charge in [0.05, 0.1) is 4.34 Å². The summed E-state index contributed by atoms with van der Waals surface area (Å²) in [5.41, 5.74) is 0. The predicted octanol–water partition coefficient (Wildman–Crippen LogP) is 2.93. The van der Waals surface area contributed by atoms with Crippen LogP contribution in [0.25, 0.3) is 0 Å². The summed E-state index contributed by atoms with van der Waals surface area (Å²) in [7, 11) is 4.69. The summed E-state index contributed by atoms with van der Waals surface area (Å²) in [6.45, 7) is 0. The van der Waals surface area contributed by atoms with Crippen molar-refractivity contribution in [3.8, 4) is 0 Å². The molecule has 86 valence electrons. The first-order valence-corrected chi connectivity index (χ1v) is 5.75. The summed E-state index contributed by atoms with van der Waals surface area (Å²) in [5, 5.41) is 0. The van der Waals surface area contributed by atoms with Crippen LogP contribution in [-0.4, -0.2) is 27.3 Å². The van der Waals surface area contributed by atoms with Gasteiger partial charge in [-0.2, -0.15) is 0 Å². The summed E-state index contributed by atoms with van der Waals surface area (Å²) in [6, 6.07) is 3.88. The highest BCUT2D eigenvalue weighted by Crippen LogP contribution is 2.26. The van der Waals surface area contributed by atoms with Gasteiger partial charge in [-0.3, -0.25) is 0 Å². The molecule has 0 radical (unpaired) electrons. The fourth-order valence-corrected chi connectivity index (χ4v) is 2.41. The van der Waals surface area contributed by atoms with Crippen LogP contribution in [0.15, 0.2) is 12.1 Å². The van der Waals surface area contributed by atoms with E-state index in [1.807, 2.05) is 12.1 Å². The first-order chi connectivity index (χ1) is 7.15. The van der Waals surface area contributed by atoms with Crippen LogP contribution in [0.1, 0.15) is 11.3 Å². The van der Waals surface area contributed by atoms with E-state index in [1.165, 1.54) is 4.88 Å². The highest BCUT2D eigenvalue weighted by Gasteiger charge is 2.29. The van der Waals surface area contributed by atoms with Gasteiger partial charge in [-0.25, -0.2) is 0 Å². The van der Waals surface area contributed by atoms with Crippen LogP contribution in [0.3, 0.4) is 0 Å². The molecule has 1 rings (SSSR count). The van der Waals surface area contributed by atoms with Crippen molar-refractivity contribution in [2.45, 2.75) is 18.8 Å². The predicted molar refractivity (Wildman–Crippen MR) is 61.4 cm³/mol. The summed E-state index contributed by atoms with van der Waals surface area (Å²) in [4.78, 5) is 1.19. The maximum Gasteiger partial charge on any atom is 0.282 e. The van der Waals surface area contributed by atoms with Crippen LogP contribution >= 0.6 is 22.9 Å². The third-order valence-electron chi connectivity index (χ3n) is 2.24. The van der Waals surface area contributed by atoms with E-state index < -0.39 is 5.97 Å². The number of hydrogen-bond acceptors (Lipinski definition) is 4. The molecule has 0 aromatic carbocycles. The molecule has 0 saturated heterocycles. The van der Waals surface area contributed by atoms with Gasteiger partial charge in [0, 0.05) is 32.6 Å². The molecule has 0 aliphatic carbocycles. The van der Waals surface area contributed by atoms with E-state index in [0.717, 1.165) is 10.8 Å². The lowest BCUT2D eigenvalue weighted by Gasteiger charge is -2.28. The largest absolute Gasteiger partial charge is 0.331 e. The first-order valence-electron chi connectivity index (χ1n) is 4.55. The van der Waals surface area contributed by atoms with Crippen LogP contribution in [0, 0.1) is 0 Å². The highest BCUT2D eigenvalue weighted by molar-refractivity contribution is 7.16. The second-order valence-corrected chi connectivity index (χ2v) is 4.80. The van der Waals surface area contributed by atoms with E-state index in [1.54, 1.807) is 32.7 Å². The van der Waals surface area contributed by atoms with E-state index >= 15 is 0 Å². The van der Waals surface area contributed by atoms with E-state index in [-0.39, 0.29) is 0 Å². The molecule has 0 spiro atoms. The number of methoxy groups -OCH3 is 3. The molecule has 0 saturated carbocycles. The van der Waals surface area contributed by atoms with Crippen molar-refractivity contribution in [3.05, 3.63) is 21.3 Å². The Bertz CT molecular complexity index is 288. The molecule has 15 heavy (non-hydrogen) atoms. The second-order valence-electron chi connectivity index (χ2n) is 3.00. The van der Waals surface area contributed by atoms with Crippen LogP contribution in [0.5, 0.6) is 0 Å². The first kappa shape index (κ1) is 12.9. The molecule has 3 nitrogen and oxygen atoms in total. The van der Waals surface area contributed by atoms with Crippen molar-refractivity contribution in [3.63, 3.8) is 0 Å². The molecule has 0 amide bonds. The number of thiophene rings is 1. The third kappa shape index (κ3) is 3.43. The zero-order valence-electron chi connectivity index (χ0n) is 9.08. The SMILES string of the molecule is COC(CCc1ccc(Cl)s1)(OC)OC. The maximum absolute atomic E-state index is 5.84. The Morgan fingerprint density at radius 2 is 1.80 bits per heavy atom. The lowest BCUT2D eigenvalue weighted by molar-refractivity contribution is -0.354. The van der Waals surface area contributed by atoms with E-state index in [0.29, 0.717) is 6.42 Å². The topological polar surface area (TPSA) is 27.7 Å². The van der Waals surface area contributed by atoms with Crippen molar-refractivity contribution >= 4 is 22.9 Å². The number of aryl methyl sites for hydroxylation is 1. The highest BCUT2D eigenvalue weighted by atomic mass is 35.5. The van der Waals surface area contributed by atoms with E-state index in [9.17, 15) is 0 Å². The summed E-state index contributed by atoms with van der Waals surface area (Å²) in [5.74, 6) is -0.948. The quantitative estimate of drug-likeness (QED) is 0.727. The van der Waals surface area contributed by atoms with Gasteiger partial charge < -0.3 is 14.2 Å². The third-order valence-corrected chi connectivity index (χ3v) is 3.53. The van der Waals surface area contributed by atoms with Gasteiger partial charge in [0.25, 0.3) is 5.97 Å². The average molecular weight is 251 g/mol. The minimum absolute atomic E-state index is 0.632. The number of rotatable bonds is 6. The molecule has 0 N–H and O–H groups in total. The minimum atomic E-state index is -0.948. The molecular formula is C10H15ClO3S. The molecule has 0 bridgehead atoms. The Kier molecular flexibility index (Phi) is 5.02. The summed E-state index contributed by atoms with van der Waals surface area (Å²) < 4.78 is 16.4. The summed E-state index contributed by atoms with van der Waals surface area (Å²) in [6.07, 6.45) is 1.44. The van der Waals surface area contributed by atoms with Gasteiger partial charge in [0.15, 0.2) is 0 Å². The molecular weight excluding hydrogens is 236 g/mol. The van der Waals surface area contributed by atoms with Crippen LogP contribution in [-0.2, 0) is 20.6 Å². The van der Waals surface area contributed by atoms with Crippen LogP contribution in [0.4, 0.5) is 0 Å². The Balaban J connectivity index is 2.54. The maximum atomic E-state index is 5.84. The van der Waals surface area contributed by atoms with Crippen molar-refractivity contribution in [2.24, 2.45) is 0 Å². The zero-order valence-corrected chi connectivity index (χ0v) is 10.7. The van der Waals surface area contributed by atoms with Crippen molar-refractivity contribution in [1.82, 2.24) is 0 Å². The summed E-state index contributed by atoms with van der Waals surface area (Å²) >= 11 is 7.40. The Morgan fingerprint density at radius 3 is 2.20 bits per heavy atom. The smallest absolute Gasteiger partial charge is 0.282 e. The standard InChI is InChI=1S/C10H15ClO3S/c1-12-10(13-2,14-3)7-6-8-4-5-9(11)15-8/h4-5H,6-7H2,1-3H3.